The van der Waals surface area contributed by atoms with Crippen molar-refractivity contribution < 1.29 is 0 Å². The van der Waals surface area contributed by atoms with E-state index in [1.807, 2.05) is 49.5 Å². The number of pyridine rings is 2. The molecule has 1 aromatic carbocycles. The molecule has 0 atom stereocenters. The van der Waals surface area contributed by atoms with Crippen molar-refractivity contribution in [2.75, 3.05) is 12.4 Å². The number of rotatable bonds is 3. The molecule has 0 unspecified atom stereocenters. The van der Waals surface area contributed by atoms with Crippen LogP contribution in [-0.2, 0) is 6.54 Å². The topological polar surface area (TPSA) is 46.9 Å². The van der Waals surface area contributed by atoms with E-state index in [0.717, 1.165) is 22.3 Å². The van der Waals surface area contributed by atoms with E-state index in [1.165, 1.54) is 0 Å². The van der Waals surface area contributed by atoms with Crippen molar-refractivity contribution in [2.24, 2.45) is 0 Å². The van der Waals surface area contributed by atoms with E-state index in [9.17, 15) is 4.79 Å². The van der Waals surface area contributed by atoms with Gasteiger partial charge in [-0.2, -0.15) is 0 Å². The Kier molecular flexibility index (Phi) is 3.21. The van der Waals surface area contributed by atoms with Crippen LogP contribution in [0.3, 0.4) is 0 Å². The lowest BCUT2D eigenvalue weighted by Crippen LogP contribution is -2.20. The van der Waals surface area contributed by atoms with Gasteiger partial charge in [0.05, 0.1) is 17.8 Å². The van der Waals surface area contributed by atoms with Crippen molar-refractivity contribution in [1.82, 2.24) is 9.55 Å². The van der Waals surface area contributed by atoms with Gasteiger partial charge in [-0.15, -0.1) is 0 Å². The van der Waals surface area contributed by atoms with Crippen LogP contribution in [0.25, 0.3) is 10.9 Å². The molecule has 2 aromatic heterocycles. The summed E-state index contributed by atoms with van der Waals surface area (Å²) >= 11 is 0. The Hall–Kier alpha value is -2.62. The summed E-state index contributed by atoms with van der Waals surface area (Å²) < 4.78 is 1.75. The minimum atomic E-state index is -0.0136. The van der Waals surface area contributed by atoms with E-state index in [-0.39, 0.29) is 5.56 Å². The first-order valence-electron chi connectivity index (χ1n) is 6.49. The van der Waals surface area contributed by atoms with E-state index in [1.54, 1.807) is 16.8 Å². The van der Waals surface area contributed by atoms with Crippen LogP contribution in [0.2, 0.25) is 0 Å². The molecule has 0 saturated heterocycles. The van der Waals surface area contributed by atoms with Crippen LogP contribution in [0.15, 0.2) is 59.5 Å². The smallest absolute Gasteiger partial charge is 0.251 e. The first-order chi connectivity index (χ1) is 9.78. The molecule has 3 aromatic rings. The van der Waals surface area contributed by atoms with E-state index in [4.69, 9.17) is 0 Å². The number of nitrogens with one attached hydrogen (secondary N) is 1. The third-order valence-corrected chi connectivity index (χ3v) is 3.32. The highest BCUT2D eigenvalue weighted by Crippen LogP contribution is 2.13. The Morgan fingerprint density at radius 2 is 2.00 bits per heavy atom. The Balaban J connectivity index is 2.10. The van der Waals surface area contributed by atoms with E-state index >= 15 is 0 Å². The molecule has 0 aliphatic rings. The van der Waals surface area contributed by atoms with Crippen LogP contribution in [0.4, 0.5) is 5.69 Å². The van der Waals surface area contributed by atoms with Gasteiger partial charge < -0.3 is 9.88 Å². The Bertz CT molecular complexity index is 808. The van der Waals surface area contributed by atoms with Crippen LogP contribution < -0.4 is 10.9 Å². The van der Waals surface area contributed by atoms with Gasteiger partial charge in [-0.1, -0.05) is 18.2 Å². The van der Waals surface area contributed by atoms with E-state index in [2.05, 4.69) is 10.3 Å². The lowest BCUT2D eigenvalue weighted by atomic mass is 10.2. The number of para-hydroxylation sites is 1. The summed E-state index contributed by atoms with van der Waals surface area (Å²) in [5.74, 6) is 0. The fourth-order valence-electron chi connectivity index (χ4n) is 2.29. The molecule has 4 nitrogen and oxygen atoms in total. The molecule has 0 bridgehead atoms. The summed E-state index contributed by atoms with van der Waals surface area (Å²) in [5, 5.41) is 4.13. The van der Waals surface area contributed by atoms with Gasteiger partial charge in [0.2, 0.25) is 0 Å². The van der Waals surface area contributed by atoms with Crippen molar-refractivity contribution in [1.29, 1.82) is 0 Å². The number of aromatic nitrogens is 2. The van der Waals surface area contributed by atoms with Crippen LogP contribution in [0.1, 0.15) is 5.69 Å². The van der Waals surface area contributed by atoms with Gasteiger partial charge in [-0.25, -0.2) is 0 Å². The summed E-state index contributed by atoms with van der Waals surface area (Å²) in [6, 6.07) is 15.2. The molecular weight excluding hydrogens is 250 g/mol. The normalized spacial score (nSPS) is 10.7. The Morgan fingerprint density at radius 1 is 1.15 bits per heavy atom. The van der Waals surface area contributed by atoms with Crippen LogP contribution in [0.5, 0.6) is 0 Å². The van der Waals surface area contributed by atoms with Crippen molar-refractivity contribution in [3.05, 3.63) is 70.8 Å². The zero-order valence-corrected chi connectivity index (χ0v) is 11.2. The summed E-state index contributed by atoms with van der Waals surface area (Å²) in [6.45, 7) is 0.468. The second kappa shape index (κ2) is 5.17. The predicted octanol–water partition coefficient (Wildman–Crippen LogP) is 2.49. The highest BCUT2D eigenvalue weighted by molar-refractivity contribution is 5.78. The van der Waals surface area contributed by atoms with Gasteiger partial charge in [0.25, 0.3) is 5.56 Å². The molecule has 0 aliphatic heterocycles. The highest BCUT2D eigenvalue weighted by Gasteiger charge is 2.04. The third kappa shape index (κ3) is 2.28. The molecule has 0 radical (unpaired) electrons. The largest absolute Gasteiger partial charge is 0.388 e. The van der Waals surface area contributed by atoms with E-state index < -0.39 is 0 Å². The van der Waals surface area contributed by atoms with Crippen molar-refractivity contribution in [2.45, 2.75) is 6.54 Å². The number of fused-ring (bicyclic) bond motifs is 1. The number of nitrogens with zero attached hydrogens (tertiary/aromatic N) is 2. The second-order valence-electron chi connectivity index (χ2n) is 4.60. The monoisotopic (exact) mass is 265 g/mol. The molecular formula is C16H15N3O. The van der Waals surface area contributed by atoms with Gasteiger partial charge in [-0.05, 0) is 29.7 Å². The van der Waals surface area contributed by atoms with Gasteiger partial charge in [0.1, 0.15) is 0 Å². The lowest BCUT2D eigenvalue weighted by molar-refractivity contribution is 0.771. The van der Waals surface area contributed by atoms with Gasteiger partial charge in [-0.3, -0.25) is 9.78 Å². The lowest BCUT2D eigenvalue weighted by Gasteiger charge is -2.10. The number of hydrogen-bond donors (Lipinski definition) is 1. The quantitative estimate of drug-likeness (QED) is 0.791. The highest BCUT2D eigenvalue weighted by atomic mass is 16.1. The molecule has 0 amide bonds. The minimum Gasteiger partial charge on any atom is -0.388 e. The van der Waals surface area contributed by atoms with Crippen LogP contribution in [0, 0.1) is 0 Å². The summed E-state index contributed by atoms with van der Waals surface area (Å²) in [5.41, 5.74) is 2.76. The molecule has 3 rings (SSSR count). The van der Waals surface area contributed by atoms with Crippen molar-refractivity contribution >= 4 is 16.6 Å². The molecule has 2 heterocycles. The van der Waals surface area contributed by atoms with Crippen molar-refractivity contribution in [3.8, 4) is 0 Å². The maximum absolute atomic E-state index is 12.1. The first-order valence-corrected chi connectivity index (χ1v) is 6.49. The van der Waals surface area contributed by atoms with Crippen LogP contribution in [-0.4, -0.2) is 16.6 Å². The zero-order chi connectivity index (χ0) is 13.9. The zero-order valence-electron chi connectivity index (χ0n) is 11.2. The average Bonchev–Trinajstić information content (AvgIpc) is 2.50. The molecule has 4 heteroatoms. The SMILES string of the molecule is CNc1ccnc(Cn2c(=O)ccc3ccccc32)c1. The first kappa shape index (κ1) is 12.4. The Labute approximate surface area is 116 Å². The molecule has 0 aliphatic carbocycles. The van der Waals surface area contributed by atoms with Gasteiger partial charge in [0.15, 0.2) is 0 Å². The number of benzene rings is 1. The molecule has 0 fully saturated rings. The van der Waals surface area contributed by atoms with Gasteiger partial charge in [0, 0.05) is 25.0 Å². The van der Waals surface area contributed by atoms with Crippen molar-refractivity contribution in [3.63, 3.8) is 0 Å². The van der Waals surface area contributed by atoms with Gasteiger partial charge >= 0.3 is 0 Å². The molecule has 20 heavy (non-hydrogen) atoms. The van der Waals surface area contributed by atoms with E-state index in [0.29, 0.717) is 6.54 Å². The number of anilines is 1. The van der Waals surface area contributed by atoms with Crippen LogP contribution >= 0.6 is 0 Å². The summed E-state index contributed by atoms with van der Waals surface area (Å²) in [7, 11) is 1.86. The molecule has 1 N–H and O–H groups in total. The standard InChI is InChI=1S/C16H15N3O/c1-17-13-8-9-18-14(10-13)11-19-15-5-3-2-4-12(15)6-7-16(19)20/h2-10H,11H2,1H3,(H,17,18). The number of hydrogen-bond acceptors (Lipinski definition) is 3. The maximum atomic E-state index is 12.1. The molecule has 100 valence electrons. The fraction of sp³-hybridized carbons (Fsp3) is 0.125. The average molecular weight is 265 g/mol. The third-order valence-electron chi connectivity index (χ3n) is 3.32. The molecule has 0 saturated carbocycles. The predicted molar refractivity (Wildman–Crippen MR) is 81.1 cm³/mol. The summed E-state index contributed by atoms with van der Waals surface area (Å²) in [6.07, 6.45) is 1.75. The second-order valence-corrected chi connectivity index (χ2v) is 4.60. The Morgan fingerprint density at radius 3 is 2.85 bits per heavy atom. The molecule has 0 spiro atoms. The fourth-order valence-corrected chi connectivity index (χ4v) is 2.29. The maximum Gasteiger partial charge on any atom is 0.251 e. The minimum absolute atomic E-state index is 0.0136. The summed E-state index contributed by atoms with van der Waals surface area (Å²) in [4.78, 5) is 16.4.